The molecule has 0 N–H and O–H groups in total. The molecule has 2 heterocycles. The number of ether oxygens (including phenoxy) is 2. The van der Waals surface area contributed by atoms with Crippen molar-refractivity contribution in [1.29, 1.82) is 0 Å². The highest BCUT2D eigenvalue weighted by Gasteiger charge is 2.25. The Bertz CT molecular complexity index is 1240. The van der Waals surface area contributed by atoms with Crippen LogP contribution in [0.2, 0.25) is 10.0 Å². The smallest absolute Gasteiger partial charge is 0.328 e. The average Bonchev–Trinajstić information content (AvgIpc) is 3.47. The van der Waals surface area contributed by atoms with E-state index in [0.717, 1.165) is 12.8 Å². The second kappa shape index (κ2) is 7.74. The number of benzene rings is 2. The van der Waals surface area contributed by atoms with Gasteiger partial charge in [-0.2, -0.15) is 9.97 Å². The molecular weight excluding hydrogens is 432 g/mol. The lowest BCUT2D eigenvalue weighted by Crippen LogP contribution is -2.03. The number of para-hydroxylation sites is 1. The highest BCUT2D eigenvalue weighted by Crippen LogP contribution is 2.35. The number of hydrogen-bond donors (Lipinski definition) is 0. The minimum Gasteiger partial charge on any atom is -0.476 e. The molecule has 6 nitrogen and oxygen atoms in total. The van der Waals surface area contributed by atoms with Gasteiger partial charge in [0.1, 0.15) is 0 Å². The Labute approximate surface area is 180 Å². The van der Waals surface area contributed by atoms with Gasteiger partial charge in [0.2, 0.25) is 5.89 Å². The zero-order chi connectivity index (χ0) is 20.7. The molecule has 0 unspecified atom stereocenters. The van der Waals surface area contributed by atoms with Crippen LogP contribution in [0.4, 0.5) is 4.39 Å². The Morgan fingerprint density at radius 2 is 1.87 bits per heavy atom. The Balaban J connectivity index is 1.56. The molecule has 1 aliphatic carbocycles. The lowest BCUT2D eigenvalue weighted by molar-refractivity contribution is 0.286. The first-order valence-electron chi connectivity index (χ1n) is 9.26. The highest BCUT2D eigenvalue weighted by molar-refractivity contribution is 6.42. The maximum Gasteiger partial charge on any atom is 0.328 e. The molecule has 0 saturated heterocycles. The molecule has 0 amide bonds. The van der Waals surface area contributed by atoms with Crippen molar-refractivity contribution in [1.82, 2.24) is 15.0 Å². The maximum absolute atomic E-state index is 14.0. The van der Waals surface area contributed by atoms with Crippen LogP contribution in [0.5, 0.6) is 17.6 Å². The standard InChI is InChI=1S/C21H14Cl2FN3O3/c22-13-8-7-12(9-14(13)23)18-25-17-19(28-10-11-5-6-11)26-21(27-20(17)30-18)29-16-4-2-1-3-15(16)24/h1-4,7-9,11H,5-6,10H2. The van der Waals surface area contributed by atoms with Crippen molar-refractivity contribution in [2.24, 2.45) is 5.92 Å². The van der Waals surface area contributed by atoms with E-state index in [0.29, 0.717) is 33.7 Å². The molecule has 30 heavy (non-hydrogen) atoms. The first-order valence-corrected chi connectivity index (χ1v) is 10.0. The summed E-state index contributed by atoms with van der Waals surface area (Å²) in [5.74, 6) is 0.447. The molecular formula is C21H14Cl2FN3O3. The first kappa shape index (κ1) is 19.1. The SMILES string of the molecule is Fc1ccccc1Oc1nc(OCC2CC2)c2nc(-c3ccc(Cl)c(Cl)c3)oc2n1. The summed E-state index contributed by atoms with van der Waals surface area (Å²) < 4.78 is 31.2. The Hall–Kier alpha value is -2.90. The molecule has 5 rings (SSSR count). The van der Waals surface area contributed by atoms with E-state index < -0.39 is 5.82 Å². The summed E-state index contributed by atoms with van der Waals surface area (Å²) >= 11 is 12.1. The quantitative estimate of drug-likeness (QED) is 0.346. The zero-order valence-corrected chi connectivity index (χ0v) is 17.0. The number of halogens is 3. The molecule has 2 aromatic carbocycles. The Morgan fingerprint density at radius 1 is 1.03 bits per heavy atom. The first-order chi connectivity index (χ1) is 14.6. The van der Waals surface area contributed by atoms with E-state index in [1.165, 1.54) is 12.1 Å². The summed E-state index contributed by atoms with van der Waals surface area (Å²) in [6, 6.07) is 10.9. The third-order valence-electron chi connectivity index (χ3n) is 4.56. The van der Waals surface area contributed by atoms with E-state index in [-0.39, 0.29) is 29.2 Å². The van der Waals surface area contributed by atoms with Gasteiger partial charge in [0.25, 0.3) is 11.6 Å². The second-order valence-electron chi connectivity index (χ2n) is 6.90. The molecule has 1 fully saturated rings. The van der Waals surface area contributed by atoms with Crippen LogP contribution >= 0.6 is 23.2 Å². The van der Waals surface area contributed by atoms with Gasteiger partial charge in [-0.15, -0.1) is 0 Å². The number of aromatic nitrogens is 3. The molecule has 152 valence electrons. The van der Waals surface area contributed by atoms with Crippen molar-refractivity contribution in [2.45, 2.75) is 12.8 Å². The fraction of sp³-hybridized carbons (Fsp3) is 0.190. The Morgan fingerprint density at radius 3 is 2.63 bits per heavy atom. The number of rotatable bonds is 6. The van der Waals surface area contributed by atoms with Gasteiger partial charge < -0.3 is 13.9 Å². The van der Waals surface area contributed by atoms with Crippen LogP contribution in [0.15, 0.2) is 46.9 Å². The van der Waals surface area contributed by atoms with Gasteiger partial charge in [-0.25, -0.2) is 9.37 Å². The van der Waals surface area contributed by atoms with E-state index in [2.05, 4.69) is 15.0 Å². The third-order valence-corrected chi connectivity index (χ3v) is 5.30. The second-order valence-corrected chi connectivity index (χ2v) is 7.71. The number of hydrogen-bond acceptors (Lipinski definition) is 6. The molecule has 2 aromatic heterocycles. The number of oxazole rings is 1. The molecule has 9 heteroatoms. The van der Waals surface area contributed by atoms with E-state index in [1.54, 1.807) is 30.3 Å². The van der Waals surface area contributed by atoms with E-state index >= 15 is 0 Å². The van der Waals surface area contributed by atoms with Crippen LogP contribution in [0.3, 0.4) is 0 Å². The van der Waals surface area contributed by atoms with Gasteiger partial charge in [-0.1, -0.05) is 35.3 Å². The Kier molecular flexibility index (Phi) is 4.92. The minimum absolute atomic E-state index is 0.00536. The molecule has 0 bridgehead atoms. The van der Waals surface area contributed by atoms with Gasteiger partial charge in [0.15, 0.2) is 17.1 Å². The molecule has 0 radical (unpaired) electrons. The lowest BCUT2D eigenvalue weighted by Gasteiger charge is -2.07. The zero-order valence-electron chi connectivity index (χ0n) is 15.4. The fourth-order valence-corrected chi connectivity index (χ4v) is 3.08. The largest absolute Gasteiger partial charge is 0.476 e. The van der Waals surface area contributed by atoms with Crippen LogP contribution in [0, 0.1) is 11.7 Å². The average molecular weight is 446 g/mol. The maximum atomic E-state index is 14.0. The molecule has 0 aliphatic heterocycles. The van der Waals surface area contributed by atoms with Crippen molar-refractivity contribution in [3.8, 4) is 29.1 Å². The number of nitrogens with zero attached hydrogens (tertiary/aromatic N) is 3. The van der Waals surface area contributed by atoms with Crippen molar-refractivity contribution < 1.29 is 18.3 Å². The van der Waals surface area contributed by atoms with Crippen LogP contribution in [-0.2, 0) is 0 Å². The molecule has 1 aliphatic rings. The molecule has 0 spiro atoms. The van der Waals surface area contributed by atoms with Crippen LogP contribution in [0.25, 0.3) is 22.7 Å². The minimum atomic E-state index is -0.532. The summed E-state index contributed by atoms with van der Waals surface area (Å²) in [5, 5.41) is 0.793. The lowest BCUT2D eigenvalue weighted by atomic mass is 10.2. The topological polar surface area (TPSA) is 70.3 Å². The highest BCUT2D eigenvalue weighted by atomic mass is 35.5. The third kappa shape index (κ3) is 3.91. The van der Waals surface area contributed by atoms with Crippen LogP contribution < -0.4 is 9.47 Å². The van der Waals surface area contributed by atoms with E-state index in [1.807, 2.05) is 0 Å². The molecule has 1 saturated carbocycles. The fourth-order valence-electron chi connectivity index (χ4n) is 2.78. The van der Waals surface area contributed by atoms with Crippen molar-refractivity contribution >= 4 is 34.4 Å². The van der Waals surface area contributed by atoms with Gasteiger partial charge >= 0.3 is 6.01 Å². The molecule has 0 atom stereocenters. The predicted octanol–water partition coefficient (Wildman–Crippen LogP) is 6.31. The monoisotopic (exact) mass is 445 g/mol. The molecule has 4 aromatic rings. The van der Waals surface area contributed by atoms with Gasteiger partial charge in [0.05, 0.1) is 16.7 Å². The van der Waals surface area contributed by atoms with Gasteiger partial charge in [0, 0.05) is 5.56 Å². The summed E-state index contributed by atoms with van der Waals surface area (Å²) in [6.07, 6.45) is 2.22. The van der Waals surface area contributed by atoms with E-state index in [9.17, 15) is 4.39 Å². The van der Waals surface area contributed by atoms with Crippen LogP contribution in [-0.4, -0.2) is 21.6 Å². The van der Waals surface area contributed by atoms with Crippen LogP contribution in [0.1, 0.15) is 12.8 Å². The van der Waals surface area contributed by atoms with E-state index in [4.69, 9.17) is 37.1 Å². The van der Waals surface area contributed by atoms with Crippen molar-refractivity contribution in [3.05, 3.63) is 58.3 Å². The van der Waals surface area contributed by atoms with Crippen molar-refractivity contribution in [3.63, 3.8) is 0 Å². The summed E-state index contributed by atoms with van der Waals surface area (Å²) in [7, 11) is 0. The number of fused-ring (bicyclic) bond motifs is 1. The normalized spacial score (nSPS) is 13.6. The van der Waals surface area contributed by atoms with Crippen molar-refractivity contribution in [2.75, 3.05) is 6.61 Å². The summed E-state index contributed by atoms with van der Waals surface area (Å²) in [4.78, 5) is 13.0. The van der Waals surface area contributed by atoms with Gasteiger partial charge in [-0.3, -0.25) is 0 Å². The predicted molar refractivity (Wildman–Crippen MR) is 110 cm³/mol. The summed E-state index contributed by atoms with van der Waals surface area (Å²) in [6.45, 7) is 0.500. The van der Waals surface area contributed by atoms with Gasteiger partial charge in [-0.05, 0) is 49.1 Å². The summed E-state index contributed by atoms with van der Waals surface area (Å²) in [5.41, 5.74) is 1.12.